The van der Waals surface area contributed by atoms with E-state index in [-0.39, 0.29) is 23.5 Å². The van der Waals surface area contributed by atoms with E-state index in [9.17, 15) is 13.2 Å². The Morgan fingerprint density at radius 2 is 1.83 bits per heavy atom. The SMILES string of the molecule is O=C(NC[C@@H]1COc2ccccc2O1)c1cccc(CN2CCS(=O)(=O)CC2)c1. The molecule has 0 unspecified atom stereocenters. The van der Waals surface area contributed by atoms with Crippen LogP contribution in [0.1, 0.15) is 15.9 Å². The van der Waals surface area contributed by atoms with Gasteiger partial charge in [-0.1, -0.05) is 24.3 Å². The van der Waals surface area contributed by atoms with Crippen molar-refractivity contribution in [3.63, 3.8) is 0 Å². The van der Waals surface area contributed by atoms with E-state index >= 15 is 0 Å². The van der Waals surface area contributed by atoms with Crippen LogP contribution in [0.3, 0.4) is 0 Å². The fourth-order valence-electron chi connectivity index (χ4n) is 3.45. The largest absolute Gasteiger partial charge is 0.486 e. The smallest absolute Gasteiger partial charge is 0.251 e. The van der Waals surface area contributed by atoms with E-state index in [0.29, 0.717) is 49.8 Å². The van der Waals surface area contributed by atoms with Crippen LogP contribution in [0.2, 0.25) is 0 Å². The Labute approximate surface area is 170 Å². The molecule has 2 aromatic rings. The maximum absolute atomic E-state index is 12.6. The molecule has 154 valence electrons. The van der Waals surface area contributed by atoms with Crippen LogP contribution in [-0.2, 0) is 16.4 Å². The molecular weight excluding hydrogens is 392 g/mol. The average molecular weight is 416 g/mol. The van der Waals surface area contributed by atoms with Gasteiger partial charge in [-0.25, -0.2) is 8.42 Å². The summed E-state index contributed by atoms with van der Waals surface area (Å²) in [5.74, 6) is 1.62. The highest BCUT2D eigenvalue weighted by atomic mass is 32.2. The van der Waals surface area contributed by atoms with E-state index in [1.807, 2.05) is 42.5 Å². The summed E-state index contributed by atoms with van der Waals surface area (Å²) in [5.41, 5.74) is 1.56. The van der Waals surface area contributed by atoms with Crippen LogP contribution in [-0.4, -0.2) is 63.1 Å². The van der Waals surface area contributed by atoms with E-state index in [2.05, 4.69) is 10.2 Å². The van der Waals surface area contributed by atoms with Crippen LogP contribution in [0.5, 0.6) is 11.5 Å². The van der Waals surface area contributed by atoms with E-state index in [4.69, 9.17) is 9.47 Å². The van der Waals surface area contributed by atoms with Gasteiger partial charge in [0.25, 0.3) is 5.91 Å². The quantitative estimate of drug-likeness (QED) is 0.795. The molecule has 4 rings (SSSR count). The fraction of sp³-hybridized carbons (Fsp3) is 0.381. The van der Waals surface area contributed by atoms with Crippen LogP contribution < -0.4 is 14.8 Å². The summed E-state index contributed by atoms with van der Waals surface area (Å²) >= 11 is 0. The van der Waals surface area contributed by atoms with Crippen LogP contribution in [0.25, 0.3) is 0 Å². The van der Waals surface area contributed by atoms with Crippen molar-refractivity contribution in [3.05, 3.63) is 59.7 Å². The van der Waals surface area contributed by atoms with Gasteiger partial charge in [-0.2, -0.15) is 0 Å². The second-order valence-electron chi connectivity index (χ2n) is 7.34. The maximum Gasteiger partial charge on any atom is 0.251 e. The molecule has 29 heavy (non-hydrogen) atoms. The molecule has 1 saturated heterocycles. The number of nitrogens with one attached hydrogen (secondary N) is 1. The standard InChI is InChI=1S/C21H24N2O5S/c24-21(22-13-18-15-27-19-6-1-2-7-20(19)28-18)17-5-3-4-16(12-17)14-23-8-10-29(25,26)11-9-23/h1-7,12,18H,8-11,13-15H2,(H,22,24)/t18-/m1/s1. The first-order valence-electron chi connectivity index (χ1n) is 9.67. The molecule has 8 heteroatoms. The lowest BCUT2D eigenvalue weighted by molar-refractivity contribution is 0.0789. The number of sulfone groups is 1. The van der Waals surface area contributed by atoms with Crippen molar-refractivity contribution in [2.24, 2.45) is 0 Å². The normalized spacial score (nSPS) is 20.8. The monoisotopic (exact) mass is 416 g/mol. The molecule has 2 heterocycles. The Kier molecular flexibility index (Phi) is 5.73. The summed E-state index contributed by atoms with van der Waals surface area (Å²) in [7, 11) is -2.89. The minimum atomic E-state index is -2.89. The van der Waals surface area contributed by atoms with Crippen LogP contribution in [0.4, 0.5) is 0 Å². The van der Waals surface area contributed by atoms with Gasteiger partial charge in [0.1, 0.15) is 12.7 Å². The summed E-state index contributed by atoms with van der Waals surface area (Å²) < 4.78 is 34.7. The second kappa shape index (κ2) is 8.42. The molecule has 2 aromatic carbocycles. The van der Waals surface area contributed by atoms with Crippen LogP contribution in [0, 0.1) is 0 Å². The molecule has 7 nitrogen and oxygen atoms in total. The predicted molar refractivity (Wildman–Crippen MR) is 109 cm³/mol. The molecule has 0 spiro atoms. The molecule has 0 saturated carbocycles. The van der Waals surface area contributed by atoms with E-state index in [1.165, 1.54) is 0 Å². The van der Waals surface area contributed by atoms with Gasteiger partial charge in [0.15, 0.2) is 21.3 Å². The predicted octanol–water partition coefficient (Wildman–Crippen LogP) is 1.49. The number of fused-ring (bicyclic) bond motifs is 1. The summed E-state index contributed by atoms with van der Waals surface area (Å²) in [4.78, 5) is 14.7. The second-order valence-corrected chi connectivity index (χ2v) is 9.64. The van der Waals surface area contributed by atoms with Crippen molar-refractivity contribution in [2.75, 3.05) is 37.7 Å². The van der Waals surface area contributed by atoms with Gasteiger partial charge in [0.2, 0.25) is 0 Å². The number of hydrogen-bond acceptors (Lipinski definition) is 6. The molecular formula is C21H24N2O5S. The van der Waals surface area contributed by atoms with Gasteiger partial charge >= 0.3 is 0 Å². The summed E-state index contributed by atoms with van der Waals surface area (Å²) in [6.45, 7) is 2.42. The van der Waals surface area contributed by atoms with Gasteiger partial charge in [0.05, 0.1) is 18.1 Å². The zero-order valence-electron chi connectivity index (χ0n) is 16.0. The maximum atomic E-state index is 12.6. The third kappa shape index (κ3) is 5.07. The van der Waals surface area contributed by atoms with Crippen molar-refractivity contribution in [1.29, 1.82) is 0 Å². The number of amides is 1. The van der Waals surface area contributed by atoms with Crippen LogP contribution >= 0.6 is 0 Å². The number of carbonyl (C=O) groups excluding carboxylic acids is 1. The number of nitrogens with zero attached hydrogens (tertiary/aromatic N) is 1. The van der Waals surface area contributed by atoms with Gasteiger partial charge in [-0.3, -0.25) is 9.69 Å². The van der Waals surface area contributed by atoms with Crippen molar-refractivity contribution in [2.45, 2.75) is 12.6 Å². The molecule has 2 aliphatic heterocycles. The van der Waals surface area contributed by atoms with E-state index < -0.39 is 9.84 Å². The number of ether oxygens (including phenoxy) is 2. The Morgan fingerprint density at radius 3 is 2.62 bits per heavy atom. The lowest BCUT2D eigenvalue weighted by Crippen LogP contribution is -2.41. The summed E-state index contributed by atoms with van der Waals surface area (Å²) in [6, 6.07) is 14.9. The molecule has 1 atom stereocenters. The highest BCUT2D eigenvalue weighted by Gasteiger charge is 2.23. The third-order valence-electron chi connectivity index (χ3n) is 5.09. The molecule has 0 aromatic heterocycles. The summed E-state index contributed by atoms with van der Waals surface area (Å²) in [6.07, 6.45) is -0.243. The summed E-state index contributed by atoms with van der Waals surface area (Å²) in [5, 5.41) is 2.90. The van der Waals surface area contributed by atoms with Crippen molar-refractivity contribution in [3.8, 4) is 11.5 Å². The molecule has 2 aliphatic rings. The first-order valence-corrected chi connectivity index (χ1v) is 11.5. The minimum Gasteiger partial charge on any atom is -0.486 e. The minimum absolute atomic E-state index is 0.171. The molecule has 1 fully saturated rings. The number of carbonyl (C=O) groups is 1. The lowest BCUT2D eigenvalue weighted by Gasteiger charge is -2.27. The lowest BCUT2D eigenvalue weighted by atomic mass is 10.1. The van der Waals surface area contributed by atoms with Gasteiger partial charge in [0, 0.05) is 25.2 Å². The molecule has 1 amide bonds. The zero-order chi connectivity index (χ0) is 20.3. The van der Waals surface area contributed by atoms with Crippen molar-refractivity contribution in [1.82, 2.24) is 10.2 Å². The Balaban J connectivity index is 1.31. The highest BCUT2D eigenvalue weighted by Crippen LogP contribution is 2.30. The Morgan fingerprint density at radius 1 is 1.07 bits per heavy atom. The van der Waals surface area contributed by atoms with E-state index in [1.54, 1.807) is 6.07 Å². The fourth-order valence-corrected chi connectivity index (χ4v) is 4.73. The Hall–Kier alpha value is -2.58. The van der Waals surface area contributed by atoms with Gasteiger partial charge < -0.3 is 14.8 Å². The molecule has 0 radical (unpaired) electrons. The van der Waals surface area contributed by atoms with E-state index in [0.717, 1.165) is 5.56 Å². The molecule has 0 aliphatic carbocycles. The number of para-hydroxylation sites is 2. The third-order valence-corrected chi connectivity index (χ3v) is 6.70. The Bertz CT molecular complexity index is 978. The number of benzene rings is 2. The van der Waals surface area contributed by atoms with Gasteiger partial charge in [-0.05, 0) is 29.8 Å². The van der Waals surface area contributed by atoms with Crippen LogP contribution in [0.15, 0.2) is 48.5 Å². The highest BCUT2D eigenvalue weighted by molar-refractivity contribution is 7.91. The van der Waals surface area contributed by atoms with Crippen molar-refractivity contribution >= 4 is 15.7 Å². The average Bonchev–Trinajstić information content (AvgIpc) is 2.73. The zero-order valence-corrected chi connectivity index (χ0v) is 16.9. The molecule has 0 bridgehead atoms. The first-order chi connectivity index (χ1) is 14.0. The molecule has 1 N–H and O–H groups in total. The number of rotatable bonds is 5. The van der Waals surface area contributed by atoms with Gasteiger partial charge in [-0.15, -0.1) is 0 Å². The van der Waals surface area contributed by atoms with Crippen molar-refractivity contribution < 1.29 is 22.7 Å². The topological polar surface area (TPSA) is 84.9 Å². The number of hydrogen-bond donors (Lipinski definition) is 1. The first kappa shape index (κ1) is 19.7.